The standard InChI is InChI=1S/C15H17Cl6O2/c1-11-4-5-12(22-8-2-6-14(16,17)18)13(10-11)23-9-3-7-15(19,20)21/h4-5,10H,1-3,6-9H2. The molecule has 1 rings (SSSR count). The minimum Gasteiger partial charge on any atom is -0.490 e. The summed E-state index contributed by atoms with van der Waals surface area (Å²) in [6, 6.07) is 5.42. The molecule has 0 aliphatic carbocycles. The van der Waals surface area contributed by atoms with Gasteiger partial charge >= 0.3 is 0 Å². The topological polar surface area (TPSA) is 18.5 Å². The van der Waals surface area contributed by atoms with Crippen molar-refractivity contribution in [3.05, 3.63) is 30.7 Å². The highest BCUT2D eigenvalue weighted by atomic mass is 35.6. The third kappa shape index (κ3) is 10.9. The summed E-state index contributed by atoms with van der Waals surface area (Å²) in [4.78, 5) is 0. The van der Waals surface area contributed by atoms with E-state index in [0.717, 1.165) is 5.56 Å². The van der Waals surface area contributed by atoms with Crippen LogP contribution in [0.4, 0.5) is 0 Å². The first-order valence-electron chi connectivity index (χ1n) is 6.92. The summed E-state index contributed by atoms with van der Waals surface area (Å²) in [5.41, 5.74) is 0.815. The second kappa shape index (κ2) is 9.89. The van der Waals surface area contributed by atoms with Gasteiger partial charge in [-0.15, -0.1) is 0 Å². The maximum Gasteiger partial charge on any atom is 0.190 e. The Morgan fingerprint density at radius 1 is 0.783 bits per heavy atom. The van der Waals surface area contributed by atoms with Crippen LogP contribution >= 0.6 is 69.6 Å². The lowest BCUT2D eigenvalue weighted by Crippen LogP contribution is -2.08. The zero-order chi connectivity index (χ0) is 17.5. The summed E-state index contributed by atoms with van der Waals surface area (Å²) in [7, 11) is 0. The molecule has 0 saturated carbocycles. The van der Waals surface area contributed by atoms with Crippen molar-refractivity contribution in [1.29, 1.82) is 0 Å². The van der Waals surface area contributed by atoms with E-state index in [-0.39, 0.29) is 0 Å². The number of ether oxygens (including phenoxy) is 2. The van der Waals surface area contributed by atoms with Gasteiger partial charge in [-0.25, -0.2) is 0 Å². The maximum atomic E-state index is 5.70. The molecular weight excluding hydrogens is 425 g/mol. The molecule has 0 N–H and O–H groups in total. The van der Waals surface area contributed by atoms with Gasteiger partial charge in [0, 0.05) is 0 Å². The average Bonchev–Trinajstić information content (AvgIpc) is 2.39. The summed E-state index contributed by atoms with van der Waals surface area (Å²) >= 11 is 34.2. The summed E-state index contributed by atoms with van der Waals surface area (Å²) in [6.07, 6.45) is 2.02. The fraction of sp³-hybridized carbons (Fsp3) is 0.533. The van der Waals surface area contributed by atoms with Crippen molar-refractivity contribution in [3.8, 4) is 11.5 Å². The quantitative estimate of drug-likeness (QED) is 0.321. The minimum absolute atomic E-state index is 0.404. The predicted molar refractivity (Wildman–Crippen MR) is 101 cm³/mol. The van der Waals surface area contributed by atoms with Crippen LogP contribution in [0, 0.1) is 6.92 Å². The van der Waals surface area contributed by atoms with Crippen molar-refractivity contribution in [2.24, 2.45) is 0 Å². The summed E-state index contributed by atoms with van der Waals surface area (Å²) in [5.74, 6) is 1.20. The fourth-order valence-electron chi connectivity index (χ4n) is 1.69. The van der Waals surface area contributed by atoms with Gasteiger partial charge in [-0.3, -0.25) is 0 Å². The molecule has 1 aromatic carbocycles. The molecule has 2 nitrogen and oxygen atoms in total. The van der Waals surface area contributed by atoms with E-state index in [0.29, 0.717) is 50.4 Å². The molecule has 0 aliphatic heterocycles. The van der Waals surface area contributed by atoms with Crippen LogP contribution < -0.4 is 9.47 Å². The monoisotopic (exact) mass is 439 g/mol. The lowest BCUT2D eigenvalue weighted by molar-refractivity contribution is 0.260. The number of hydrogen-bond donors (Lipinski definition) is 0. The van der Waals surface area contributed by atoms with E-state index >= 15 is 0 Å². The summed E-state index contributed by atoms with van der Waals surface area (Å²) < 4.78 is 8.83. The second-order valence-corrected chi connectivity index (χ2v) is 9.95. The van der Waals surface area contributed by atoms with Gasteiger partial charge < -0.3 is 9.47 Å². The molecule has 23 heavy (non-hydrogen) atoms. The van der Waals surface area contributed by atoms with Crippen molar-refractivity contribution in [3.63, 3.8) is 0 Å². The molecule has 0 heterocycles. The Balaban J connectivity index is 2.49. The Kier molecular flexibility index (Phi) is 9.29. The molecular formula is C15H17Cl6O2. The highest BCUT2D eigenvalue weighted by Gasteiger charge is 2.19. The van der Waals surface area contributed by atoms with Gasteiger partial charge in [0.2, 0.25) is 0 Å². The Morgan fingerprint density at radius 2 is 1.26 bits per heavy atom. The van der Waals surface area contributed by atoms with Gasteiger partial charge in [0.1, 0.15) is 0 Å². The van der Waals surface area contributed by atoms with E-state index in [1.807, 2.05) is 6.07 Å². The van der Waals surface area contributed by atoms with Gasteiger partial charge in [-0.05, 0) is 50.3 Å². The second-order valence-electron chi connectivity index (χ2n) is 4.92. The van der Waals surface area contributed by atoms with Gasteiger partial charge in [0.25, 0.3) is 0 Å². The summed E-state index contributed by atoms with van der Waals surface area (Å²) in [6.45, 7) is 4.68. The van der Waals surface area contributed by atoms with Crippen LogP contribution in [0.3, 0.4) is 0 Å². The first-order valence-corrected chi connectivity index (χ1v) is 9.19. The zero-order valence-electron chi connectivity index (χ0n) is 12.3. The normalized spacial score (nSPS) is 12.3. The molecule has 8 heteroatoms. The Labute approximate surface area is 167 Å². The van der Waals surface area contributed by atoms with Crippen molar-refractivity contribution in [1.82, 2.24) is 0 Å². The van der Waals surface area contributed by atoms with E-state index < -0.39 is 7.59 Å². The van der Waals surface area contributed by atoms with Crippen molar-refractivity contribution in [2.75, 3.05) is 13.2 Å². The van der Waals surface area contributed by atoms with Gasteiger partial charge in [-0.2, -0.15) is 0 Å². The van der Waals surface area contributed by atoms with Crippen LogP contribution in [-0.2, 0) is 0 Å². The molecule has 0 saturated heterocycles. The van der Waals surface area contributed by atoms with Crippen molar-refractivity contribution < 1.29 is 9.47 Å². The molecule has 0 amide bonds. The first-order chi connectivity index (χ1) is 10.6. The predicted octanol–water partition coefficient (Wildman–Crippen LogP) is 6.93. The van der Waals surface area contributed by atoms with Crippen LogP contribution in [0.1, 0.15) is 31.2 Å². The molecule has 0 unspecified atom stereocenters. The lowest BCUT2D eigenvalue weighted by Gasteiger charge is -2.15. The average molecular weight is 442 g/mol. The van der Waals surface area contributed by atoms with Crippen molar-refractivity contribution >= 4 is 69.6 Å². The largest absolute Gasteiger partial charge is 0.490 e. The van der Waals surface area contributed by atoms with E-state index in [9.17, 15) is 0 Å². The van der Waals surface area contributed by atoms with Crippen LogP contribution in [0.25, 0.3) is 0 Å². The van der Waals surface area contributed by atoms with E-state index in [1.165, 1.54) is 0 Å². The number of halogens is 6. The Morgan fingerprint density at radius 3 is 1.74 bits per heavy atom. The van der Waals surface area contributed by atoms with Crippen LogP contribution in [0.5, 0.6) is 11.5 Å². The van der Waals surface area contributed by atoms with Crippen LogP contribution in [0.2, 0.25) is 0 Å². The van der Waals surface area contributed by atoms with Gasteiger partial charge in [0.05, 0.1) is 13.2 Å². The van der Waals surface area contributed by atoms with E-state index in [1.54, 1.807) is 12.1 Å². The minimum atomic E-state index is -1.27. The van der Waals surface area contributed by atoms with Crippen molar-refractivity contribution in [2.45, 2.75) is 33.3 Å². The zero-order valence-corrected chi connectivity index (χ0v) is 16.8. The van der Waals surface area contributed by atoms with Crippen LogP contribution in [-0.4, -0.2) is 20.8 Å². The first kappa shape index (κ1) is 21.6. The number of benzene rings is 1. The Hall–Kier alpha value is 0.560. The third-order valence-electron chi connectivity index (χ3n) is 2.73. The molecule has 0 aromatic heterocycles. The lowest BCUT2D eigenvalue weighted by atomic mass is 10.2. The maximum absolute atomic E-state index is 5.70. The molecule has 0 atom stereocenters. The smallest absolute Gasteiger partial charge is 0.190 e. The summed E-state index contributed by atoms with van der Waals surface area (Å²) in [5, 5.41) is 0. The third-order valence-corrected chi connectivity index (χ3v) is 3.87. The molecule has 0 bridgehead atoms. The highest BCUT2D eigenvalue weighted by molar-refractivity contribution is 6.67. The number of alkyl halides is 6. The fourth-order valence-corrected chi connectivity index (χ4v) is 2.50. The van der Waals surface area contributed by atoms with Crippen LogP contribution in [0.15, 0.2) is 18.2 Å². The van der Waals surface area contributed by atoms with E-state index in [4.69, 9.17) is 79.1 Å². The molecule has 0 aliphatic rings. The molecule has 0 fully saturated rings. The number of rotatable bonds is 8. The van der Waals surface area contributed by atoms with Gasteiger partial charge in [0.15, 0.2) is 19.1 Å². The molecule has 1 aromatic rings. The highest BCUT2D eigenvalue weighted by Crippen LogP contribution is 2.33. The SMILES string of the molecule is [CH2]c1ccc(OCCCC(Cl)(Cl)Cl)c(OCCCC(Cl)(Cl)Cl)c1. The Bertz CT molecular complexity index is 482. The molecule has 0 spiro atoms. The molecule has 131 valence electrons. The molecule has 1 radical (unpaired) electrons. The van der Waals surface area contributed by atoms with Gasteiger partial charge in [-0.1, -0.05) is 75.7 Å². The van der Waals surface area contributed by atoms with E-state index in [2.05, 4.69) is 6.92 Å². The number of hydrogen-bond acceptors (Lipinski definition) is 2.